The molecule has 0 aromatic heterocycles. The van der Waals surface area contributed by atoms with E-state index in [2.05, 4.69) is 10.1 Å². The van der Waals surface area contributed by atoms with Crippen molar-refractivity contribution < 1.29 is 19.1 Å². The van der Waals surface area contributed by atoms with Gasteiger partial charge in [-0.2, -0.15) is 0 Å². The fourth-order valence-corrected chi connectivity index (χ4v) is 1.08. The van der Waals surface area contributed by atoms with Crippen molar-refractivity contribution in [3.05, 3.63) is 42.8 Å². The minimum Gasteiger partial charge on any atom is -0.464 e. The standard InChI is InChI=1S/C12H13NO4/c1-10(14)16-8-7-13-12(15)17-9-11-5-3-2-4-6-11/h1-6H,7-9H2,(H,13,15). The lowest BCUT2D eigenvalue weighted by molar-refractivity contribution is -0.137. The Morgan fingerprint density at radius 1 is 1.18 bits per heavy atom. The second kappa shape index (κ2) is 7.27. The molecule has 0 saturated heterocycles. The second-order valence-electron chi connectivity index (χ2n) is 3.16. The highest BCUT2D eigenvalue weighted by molar-refractivity contribution is 5.73. The Bertz CT molecular complexity index is 364. The van der Waals surface area contributed by atoms with E-state index in [1.807, 2.05) is 30.3 Å². The van der Waals surface area contributed by atoms with Gasteiger partial charge in [0.05, 0.1) is 13.5 Å². The van der Waals surface area contributed by atoms with Gasteiger partial charge in [0.15, 0.2) is 0 Å². The fourth-order valence-electron chi connectivity index (χ4n) is 1.08. The van der Waals surface area contributed by atoms with Crippen molar-refractivity contribution in [1.29, 1.82) is 0 Å². The molecule has 0 bridgehead atoms. The van der Waals surface area contributed by atoms with Gasteiger partial charge < -0.3 is 14.8 Å². The molecule has 90 valence electrons. The second-order valence-corrected chi connectivity index (χ2v) is 3.16. The van der Waals surface area contributed by atoms with Crippen LogP contribution in [0, 0.1) is 6.92 Å². The monoisotopic (exact) mass is 235 g/mol. The van der Waals surface area contributed by atoms with E-state index in [4.69, 9.17) is 11.7 Å². The third kappa shape index (κ3) is 6.19. The van der Waals surface area contributed by atoms with Crippen LogP contribution in [0.25, 0.3) is 0 Å². The number of carbonyl (C=O) groups is 2. The number of alkyl carbamates (subject to hydrolysis) is 1. The Labute approximate surface area is 99.7 Å². The summed E-state index contributed by atoms with van der Waals surface area (Å²) in [4.78, 5) is 21.4. The van der Waals surface area contributed by atoms with Crippen molar-refractivity contribution in [2.24, 2.45) is 0 Å². The molecule has 17 heavy (non-hydrogen) atoms. The van der Waals surface area contributed by atoms with E-state index in [1.165, 1.54) is 0 Å². The van der Waals surface area contributed by atoms with Crippen LogP contribution in [0.2, 0.25) is 0 Å². The maximum atomic E-state index is 11.2. The zero-order chi connectivity index (χ0) is 12.5. The van der Waals surface area contributed by atoms with E-state index in [9.17, 15) is 9.59 Å². The van der Waals surface area contributed by atoms with Gasteiger partial charge in [-0.1, -0.05) is 30.3 Å². The van der Waals surface area contributed by atoms with Crippen molar-refractivity contribution >= 4 is 12.1 Å². The van der Waals surface area contributed by atoms with E-state index in [-0.39, 0.29) is 19.8 Å². The lowest BCUT2D eigenvalue weighted by atomic mass is 10.2. The van der Waals surface area contributed by atoms with Crippen LogP contribution in [-0.2, 0) is 20.9 Å². The van der Waals surface area contributed by atoms with Crippen LogP contribution in [0.1, 0.15) is 5.56 Å². The molecule has 0 aliphatic heterocycles. The van der Waals surface area contributed by atoms with Crippen LogP contribution in [0.5, 0.6) is 0 Å². The van der Waals surface area contributed by atoms with Crippen LogP contribution >= 0.6 is 0 Å². The molecule has 1 N–H and O–H groups in total. The number of rotatable bonds is 5. The number of ether oxygens (including phenoxy) is 2. The first-order chi connectivity index (χ1) is 8.18. The minimum absolute atomic E-state index is 0.0236. The molecule has 1 aromatic rings. The Hall–Kier alpha value is -2.04. The molecule has 0 aliphatic rings. The molecular formula is C12H13NO4. The van der Waals surface area contributed by atoms with Crippen molar-refractivity contribution in [3.8, 4) is 0 Å². The molecule has 0 heterocycles. The Kier molecular flexibility index (Phi) is 5.57. The van der Waals surface area contributed by atoms with Crippen LogP contribution in [-0.4, -0.2) is 25.2 Å². The molecular weight excluding hydrogens is 222 g/mol. The number of nitrogens with one attached hydrogen (secondary N) is 1. The average molecular weight is 235 g/mol. The van der Waals surface area contributed by atoms with Crippen molar-refractivity contribution in [2.45, 2.75) is 6.61 Å². The lowest BCUT2D eigenvalue weighted by Gasteiger charge is -2.06. The maximum absolute atomic E-state index is 11.2. The van der Waals surface area contributed by atoms with Gasteiger partial charge in [-0.05, 0) is 5.56 Å². The summed E-state index contributed by atoms with van der Waals surface area (Å²) in [5.41, 5.74) is 0.899. The summed E-state index contributed by atoms with van der Waals surface area (Å²) >= 11 is 0. The van der Waals surface area contributed by atoms with Gasteiger partial charge in [0.2, 0.25) is 0 Å². The number of hydrogen-bond acceptors (Lipinski definition) is 4. The van der Waals surface area contributed by atoms with Crippen molar-refractivity contribution in [2.75, 3.05) is 13.2 Å². The predicted molar refractivity (Wildman–Crippen MR) is 59.9 cm³/mol. The smallest absolute Gasteiger partial charge is 0.407 e. The highest BCUT2D eigenvalue weighted by Gasteiger charge is 2.02. The number of amides is 1. The van der Waals surface area contributed by atoms with E-state index < -0.39 is 12.1 Å². The van der Waals surface area contributed by atoms with Gasteiger partial charge in [-0.3, -0.25) is 4.79 Å². The molecule has 2 radical (unpaired) electrons. The van der Waals surface area contributed by atoms with Gasteiger partial charge in [-0.15, -0.1) is 0 Å². The summed E-state index contributed by atoms with van der Waals surface area (Å²) in [6.07, 6.45) is -0.568. The lowest BCUT2D eigenvalue weighted by Crippen LogP contribution is -2.28. The first kappa shape index (κ1) is 13.0. The summed E-state index contributed by atoms with van der Waals surface area (Å²) < 4.78 is 9.34. The molecule has 0 atom stereocenters. The van der Waals surface area contributed by atoms with Crippen LogP contribution in [0.3, 0.4) is 0 Å². The molecule has 1 aromatic carbocycles. The van der Waals surface area contributed by atoms with Crippen LogP contribution in [0.4, 0.5) is 4.79 Å². The summed E-state index contributed by atoms with van der Waals surface area (Å²) in [6.45, 7) is 5.12. The Morgan fingerprint density at radius 2 is 1.88 bits per heavy atom. The first-order valence-electron chi connectivity index (χ1n) is 5.05. The summed E-state index contributed by atoms with van der Waals surface area (Å²) in [5.74, 6) is -0.871. The number of benzene rings is 1. The van der Waals surface area contributed by atoms with Crippen molar-refractivity contribution in [1.82, 2.24) is 5.32 Å². The quantitative estimate of drug-likeness (QED) is 0.614. The van der Waals surface area contributed by atoms with E-state index in [0.717, 1.165) is 5.56 Å². The number of carbonyl (C=O) groups excluding carboxylic acids is 2. The molecule has 0 spiro atoms. The largest absolute Gasteiger partial charge is 0.464 e. The SMILES string of the molecule is [CH]C(=O)OCCNC(=O)OCc1ccccc1. The number of hydrogen-bond donors (Lipinski definition) is 1. The molecule has 5 heteroatoms. The third-order valence-corrected chi connectivity index (χ3v) is 1.83. The average Bonchev–Trinajstić information content (AvgIpc) is 2.33. The highest BCUT2D eigenvalue weighted by atomic mass is 16.6. The zero-order valence-corrected chi connectivity index (χ0v) is 9.22. The molecule has 0 saturated carbocycles. The summed E-state index contributed by atoms with van der Waals surface area (Å²) in [6, 6.07) is 9.30. The Morgan fingerprint density at radius 3 is 2.53 bits per heavy atom. The third-order valence-electron chi connectivity index (χ3n) is 1.83. The molecule has 1 amide bonds. The van der Waals surface area contributed by atoms with E-state index in [0.29, 0.717) is 0 Å². The normalized spacial score (nSPS) is 9.47. The maximum Gasteiger partial charge on any atom is 0.407 e. The molecule has 0 unspecified atom stereocenters. The summed E-state index contributed by atoms with van der Waals surface area (Å²) in [7, 11) is 0. The molecule has 0 fully saturated rings. The van der Waals surface area contributed by atoms with Crippen LogP contribution < -0.4 is 5.32 Å². The molecule has 5 nitrogen and oxygen atoms in total. The zero-order valence-electron chi connectivity index (χ0n) is 9.22. The first-order valence-corrected chi connectivity index (χ1v) is 5.05. The topological polar surface area (TPSA) is 64.6 Å². The summed E-state index contributed by atoms with van der Waals surface area (Å²) in [5, 5.41) is 2.41. The highest BCUT2D eigenvalue weighted by Crippen LogP contribution is 2.00. The Balaban J connectivity index is 2.11. The van der Waals surface area contributed by atoms with Gasteiger partial charge in [0.25, 0.3) is 0 Å². The molecule has 0 aliphatic carbocycles. The van der Waals surface area contributed by atoms with E-state index in [1.54, 1.807) is 0 Å². The fraction of sp³-hybridized carbons (Fsp3) is 0.250. The number of esters is 1. The predicted octanol–water partition coefficient (Wildman–Crippen LogP) is 1.17. The van der Waals surface area contributed by atoms with E-state index >= 15 is 0 Å². The molecule has 1 rings (SSSR count). The van der Waals surface area contributed by atoms with Gasteiger partial charge in [-0.25, -0.2) is 4.79 Å². The van der Waals surface area contributed by atoms with Gasteiger partial charge >= 0.3 is 12.1 Å². The van der Waals surface area contributed by atoms with Crippen molar-refractivity contribution in [3.63, 3.8) is 0 Å². The van der Waals surface area contributed by atoms with Gasteiger partial charge in [0.1, 0.15) is 13.2 Å². The van der Waals surface area contributed by atoms with Crippen LogP contribution in [0.15, 0.2) is 30.3 Å². The van der Waals surface area contributed by atoms with Gasteiger partial charge in [0, 0.05) is 0 Å². The minimum atomic E-state index is -0.871.